The van der Waals surface area contributed by atoms with Gasteiger partial charge in [0.1, 0.15) is 0 Å². The third-order valence-electron chi connectivity index (χ3n) is 2.24. The lowest BCUT2D eigenvalue weighted by molar-refractivity contribution is -0.114. The second kappa shape index (κ2) is 4.80. The molecule has 12 heavy (non-hydrogen) atoms. The molecular formula is C10H15BrO. The summed E-state index contributed by atoms with van der Waals surface area (Å²) in [5.41, 5.74) is 1.06. The third kappa shape index (κ3) is 2.44. The minimum Gasteiger partial charge on any atom is -0.295 e. The van der Waals surface area contributed by atoms with Crippen LogP contribution in [0.1, 0.15) is 45.4 Å². The lowest BCUT2D eigenvalue weighted by Crippen LogP contribution is -1.94. The van der Waals surface area contributed by atoms with Crippen LogP contribution in [-0.2, 0) is 4.79 Å². The van der Waals surface area contributed by atoms with Crippen molar-refractivity contribution < 1.29 is 4.79 Å². The SMILES string of the molecule is CCCC/C(Br)=C1/CCCC1=O. The molecule has 0 aromatic heterocycles. The van der Waals surface area contributed by atoms with Crippen LogP contribution in [0, 0.1) is 0 Å². The monoisotopic (exact) mass is 230 g/mol. The van der Waals surface area contributed by atoms with E-state index in [0.717, 1.165) is 35.7 Å². The summed E-state index contributed by atoms with van der Waals surface area (Å²) in [5.74, 6) is 0.359. The van der Waals surface area contributed by atoms with E-state index >= 15 is 0 Å². The Hall–Kier alpha value is -0.110. The van der Waals surface area contributed by atoms with Crippen molar-refractivity contribution in [3.63, 3.8) is 0 Å². The molecule has 0 aromatic carbocycles. The Morgan fingerprint density at radius 3 is 2.75 bits per heavy atom. The van der Waals surface area contributed by atoms with Crippen LogP contribution in [0.5, 0.6) is 0 Å². The fraction of sp³-hybridized carbons (Fsp3) is 0.700. The van der Waals surface area contributed by atoms with Gasteiger partial charge in [-0.2, -0.15) is 0 Å². The Balaban J connectivity index is 2.55. The summed E-state index contributed by atoms with van der Waals surface area (Å²) in [6.45, 7) is 2.17. The molecule has 1 rings (SSSR count). The number of Topliss-reactive ketones (excluding diaryl/α,β-unsaturated/α-hetero) is 1. The molecule has 0 heterocycles. The van der Waals surface area contributed by atoms with Crippen LogP contribution in [0.2, 0.25) is 0 Å². The topological polar surface area (TPSA) is 17.1 Å². The van der Waals surface area contributed by atoms with E-state index in [2.05, 4.69) is 22.9 Å². The zero-order valence-electron chi connectivity index (χ0n) is 7.53. The van der Waals surface area contributed by atoms with E-state index < -0.39 is 0 Å². The minimum absolute atomic E-state index is 0.359. The second-order valence-electron chi connectivity index (χ2n) is 3.26. The Bertz CT molecular complexity index is 206. The molecule has 0 amide bonds. The molecule has 0 bridgehead atoms. The summed E-state index contributed by atoms with van der Waals surface area (Å²) in [4.78, 5) is 11.3. The number of carbonyl (C=O) groups is 1. The number of rotatable bonds is 3. The average Bonchev–Trinajstić information content (AvgIpc) is 2.47. The first kappa shape index (κ1) is 9.97. The van der Waals surface area contributed by atoms with Crippen molar-refractivity contribution in [1.82, 2.24) is 0 Å². The van der Waals surface area contributed by atoms with Gasteiger partial charge in [-0.3, -0.25) is 4.79 Å². The van der Waals surface area contributed by atoms with Gasteiger partial charge in [0.2, 0.25) is 0 Å². The van der Waals surface area contributed by atoms with Crippen molar-refractivity contribution in [2.24, 2.45) is 0 Å². The van der Waals surface area contributed by atoms with Crippen LogP contribution in [0.3, 0.4) is 0 Å². The van der Waals surface area contributed by atoms with Gasteiger partial charge in [-0.25, -0.2) is 0 Å². The quantitative estimate of drug-likeness (QED) is 0.678. The zero-order chi connectivity index (χ0) is 8.97. The van der Waals surface area contributed by atoms with Crippen LogP contribution >= 0.6 is 15.9 Å². The van der Waals surface area contributed by atoms with Gasteiger partial charge in [0.25, 0.3) is 0 Å². The minimum atomic E-state index is 0.359. The highest BCUT2D eigenvalue weighted by Gasteiger charge is 2.19. The maximum Gasteiger partial charge on any atom is 0.159 e. The predicted octanol–water partition coefficient (Wildman–Crippen LogP) is 3.58. The molecule has 1 saturated carbocycles. The molecule has 2 heteroatoms. The highest BCUT2D eigenvalue weighted by atomic mass is 79.9. The van der Waals surface area contributed by atoms with E-state index in [-0.39, 0.29) is 0 Å². The van der Waals surface area contributed by atoms with E-state index in [0.29, 0.717) is 5.78 Å². The second-order valence-corrected chi connectivity index (χ2v) is 4.22. The van der Waals surface area contributed by atoms with E-state index in [1.54, 1.807) is 0 Å². The summed E-state index contributed by atoms with van der Waals surface area (Å²) in [6, 6.07) is 0. The van der Waals surface area contributed by atoms with Crippen molar-refractivity contribution in [2.45, 2.75) is 45.4 Å². The first-order valence-electron chi connectivity index (χ1n) is 4.66. The van der Waals surface area contributed by atoms with Crippen molar-refractivity contribution >= 4 is 21.7 Å². The van der Waals surface area contributed by atoms with Gasteiger partial charge in [-0.15, -0.1) is 0 Å². The molecule has 0 unspecified atom stereocenters. The Labute approximate surface area is 82.4 Å². The zero-order valence-corrected chi connectivity index (χ0v) is 9.11. The van der Waals surface area contributed by atoms with Crippen LogP contribution in [0.25, 0.3) is 0 Å². The summed E-state index contributed by atoms with van der Waals surface area (Å²) in [7, 11) is 0. The summed E-state index contributed by atoms with van der Waals surface area (Å²) in [6.07, 6.45) is 6.21. The van der Waals surface area contributed by atoms with Gasteiger partial charge in [0.05, 0.1) is 0 Å². The fourth-order valence-corrected chi connectivity index (χ4v) is 2.19. The molecule has 1 fully saturated rings. The van der Waals surface area contributed by atoms with E-state index in [9.17, 15) is 4.79 Å². The lowest BCUT2D eigenvalue weighted by Gasteiger charge is -2.01. The summed E-state index contributed by atoms with van der Waals surface area (Å²) < 4.78 is 1.16. The van der Waals surface area contributed by atoms with Crippen molar-refractivity contribution in [1.29, 1.82) is 0 Å². The standard InChI is InChI=1S/C10H15BrO/c1-2-3-6-9(11)8-5-4-7-10(8)12/h2-7H2,1H3/b9-8+. The number of halogens is 1. The molecule has 0 radical (unpaired) electrons. The van der Waals surface area contributed by atoms with E-state index in [1.165, 1.54) is 12.8 Å². The number of hydrogen-bond donors (Lipinski definition) is 0. The first-order valence-corrected chi connectivity index (χ1v) is 5.45. The molecule has 68 valence electrons. The van der Waals surface area contributed by atoms with Gasteiger partial charge in [0.15, 0.2) is 5.78 Å². The number of allylic oxidation sites excluding steroid dienone is 2. The van der Waals surface area contributed by atoms with Crippen molar-refractivity contribution in [3.05, 3.63) is 10.1 Å². The highest BCUT2D eigenvalue weighted by molar-refractivity contribution is 9.11. The number of hydrogen-bond acceptors (Lipinski definition) is 1. The van der Waals surface area contributed by atoms with E-state index in [4.69, 9.17) is 0 Å². The van der Waals surface area contributed by atoms with Gasteiger partial charge in [-0.1, -0.05) is 29.3 Å². The lowest BCUT2D eigenvalue weighted by atomic mass is 10.1. The molecule has 1 aliphatic rings. The largest absolute Gasteiger partial charge is 0.295 e. The molecule has 1 aliphatic carbocycles. The Kier molecular flexibility index (Phi) is 3.99. The van der Waals surface area contributed by atoms with Crippen LogP contribution in [0.4, 0.5) is 0 Å². The summed E-state index contributed by atoms with van der Waals surface area (Å²) in [5, 5.41) is 0. The average molecular weight is 231 g/mol. The maximum absolute atomic E-state index is 11.3. The number of ketones is 1. The molecule has 0 N–H and O–H groups in total. The van der Waals surface area contributed by atoms with Crippen LogP contribution in [-0.4, -0.2) is 5.78 Å². The number of unbranched alkanes of at least 4 members (excludes halogenated alkanes) is 1. The Morgan fingerprint density at radius 1 is 1.50 bits per heavy atom. The predicted molar refractivity (Wildman–Crippen MR) is 54.3 cm³/mol. The smallest absolute Gasteiger partial charge is 0.159 e. The molecule has 0 saturated heterocycles. The van der Waals surface area contributed by atoms with E-state index in [1.807, 2.05) is 0 Å². The fourth-order valence-electron chi connectivity index (χ4n) is 1.49. The van der Waals surface area contributed by atoms with Crippen LogP contribution in [0.15, 0.2) is 10.1 Å². The molecular weight excluding hydrogens is 216 g/mol. The molecule has 0 aliphatic heterocycles. The van der Waals surface area contributed by atoms with Crippen molar-refractivity contribution in [3.8, 4) is 0 Å². The van der Waals surface area contributed by atoms with Gasteiger partial charge in [0, 0.05) is 16.5 Å². The molecule has 0 spiro atoms. The summed E-state index contributed by atoms with van der Waals surface area (Å²) >= 11 is 3.50. The maximum atomic E-state index is 11.3. The third-order valence-corrected chi connectivity index (χ3v) is 3.12. The van der Waals surface area contributed by atoms with Gasteiger partial charge >= 0.3 is 0 Å². The number of carbonyl (C=O) groups excluding carboxylic acids is 1. The van der Waals surface area contributed by atoms with Crippen molar-refractivity contribution in [2.75, 3.05) is 0 Å². The molecule has 1 nitrogen and oxygen atoms in total. The Morgan fingerprint density at radius 2 is 2.25 bits per heavy atom. The molecule has 0 aromatic rings. The van der Waals surface area contributed by atoms with Gasteiger partial charge < -0.3 is 0 Å². The highest BCUT2D eigenvalue weighted by Crippen LogP contribution is 2.29. The molecule has 0 atom stereocenters. The normalized spacial score (nSPS) is 21.7. The van der Waals surface area contributed by atoms with Crippen LogP contribution < -0.4 is 0 Å². The first-order chi connectivity index (χ1) is 5.75. The van der Waals surface area contributed by atoms with Gasteiger partial charge in [-0.05, 0) is 25.7 Å².